The second kappa shape index (κ2) is 10.3. The minimum atomic E-state index is -3.49. The van der Waals surface area contributed by atoms with E-state index in [4.69, 9.17) is 0 Å². The highest BCUT2D eigenvalue weighted by atomic mass is 32.2. The molecule has 0 aliphatic carbocycles. The second-order valence-corrected chi connectivity index (χ2v) is 11.5. The number of fused-ring (bicyclic) bond motifs is 1. The summed E-state index contributed by atoms with van der Waals surface area (Å²) >= 11 is 0. The summed E-state index contributed by atoms with van der Waals surface area (Å²) in [5, 5.41) is 17.5. The van der Waals surface area contributed by atoms with Crippen LogP contribution >= 0.6 is 0 Å². The fourth-order valence-corrected chi connectivity index (χ4v) is 6.19. The molecule has 0 saturated carbocycles. The smallest absolute Gasteiger partial charge is 0.405 e. The molecule has 0 aromatic heterocycles. The van der Waals surface area contributed by atoms with E-state index in [2.05, 4.69) is 10.4 Å². The minimum Gasteiger partial charge on any atom is -0.465 e. The highest BCUT2D eigenvalue weighted by Gasteiger charge is 2.53. The Kier molecular flexibility index (Phi) is 7.35. The molecule has 2 heterocycles. The first-order chi connectivity index (χ1) is 17.5. The first-order valence-electron chi connectivity index (χ1n) is 12.0. The zero-order chi connectivity index (χ0) is 26.8. The van der Waals surface area contributed by atoms with E-state index in [9.17, 15) is 27.9 Å². The third-order valence-corrected chi connectivity index (χ3v) is 8.13. The summed E-state index contributed by atoms with van der Waals surface area (Å²) < 4.78 is 24.3. The summed E-state index contributed by atoms with van der Waals surface area (Å²) in [6, 6.07) is 14.9. The third-order valence-electron chi connectivity index (χ3n) is 6.94. The molecule has 10 nitrogen and oxygen atoms in total. The molecule has 1 unspecified atom stereocenters. The van der Waals surface area contributed by atoms with E-state index in [0.29, 0.717) is 24.9 Å². The SMILES string of the molecule is CN1N=C2CCN(C(=O)C(CCc3ccccc3S(C)(=O)=O)NC(=O)O)C[C@@]2(Cc2ccccc2)C1=O. The lowest BCUT2D eigenvalue weighted by atomic mass is 9.73. The van der Waals surface area contributed by atoms with Gasteiger partial charge in [0.25, 0.3) is 5.91 Å². The van der Waals surface area contributed by atoms with Crippen molar-refractivity contribution in [2.24, 2.45) is 10.5 Å². The number of nitrogens with zero attached hydrogens (tertiary/aromatic N) is 3. The maximum absolute atomic E-state index is 13.6. The molecule has 11 heteroatoms. The number of hydrazone groups is 1. The van der Waals surface area contributed by atoms with Gasteiger partial charge in [-0.3, -0.25) is 9.59 Å². The fourth-order valence-electron chi connectivity index (χ4n) is 5.21. The van der Waals surface area contributed by atoms with Gasteiger partial charge in [0, 0.05) is 32.8 Å². The molecule has 2 aliphatic rings. The summed E-state index contributed by atoms with van der Waals surface area (Å²) in [4.78, 5) is 40.2. The van der Waals surface area contributed by atoms with Crippen molar-refractivity contribution in [3.8, 4) is 0 Å². The first kappa shape index (κ1) is 26.3. The zero-order valence-electron chi connectivity index (χ0n) is 20.8. The van der Waals surface area contributed by atoms with Gasteiger partial charge in [-0.25, -0.2) is 18.2 Å². The van der Waals surface area contributed by atoms with E-state index in [1.165, 1.54) is 16.0 Å². The summed E-state index contributed by atoms with van der Waals surface area (Å²) in [7, 11) is -1.89. The predicted molar refractivity (Wildman–Crippen MR) is 137 cm³/mol. The normalized spacial score (nSPS) is 20.3. The van der Waals surface area contributed by atoms with E-state index in [1.54, 1.807) is 25.2 Å². The molecule has 0 bridgehead atoms. The van der Waals surface area contributed by atoms with Crippen molar-refractivity contribution >= 4 is 33.5 Å². The highest BCUT2D eigenvalue weighted by molar-refractivity contribution is 7.90. The Morgan fingerprint density at radius 2 is 1.81 bits per heavy atom. The van der Waals surface area contributed by atoms with E-state index in [0.717, 1.165) is 17.5 Å². The summed E-state index contributed by atoms with van der Waals surface area (Å²) in [5.41, 5.74) is 1.15. The van der Waals surface area contributed by atoms with Gasteiger partial charge >= 0.3 is 6.09 Å². The summed E-state index contributed by atoms with van der Waals surface area (Å²) in [6.07, 6.45) is 0.763. The number of nitrogens with one attached hydrogen (secondary N) is 1. The number of carbonyl (C=O) groups excluding carboxylic acids is 2. The van der Waals surface area contributed by atoms with Gasteiger partial charge < -0.3 is 15.3 Å². The van der Waals surface area contributed by atoms with Gasteiger partial charge in [0.05, 0.1) is 10.6 Å². The van der Waals surface area contributed by atoms with E-state index in [-0.39, 0.29) is 30.2 Å². The Morgan fingerprint density at radius 3 is 2.49 bits per heavy atom. The van der Waals surface area contributed by atoms with E-state index < -0.39 is 33.3 Å². The average molecular weight is 527 g/mol. The molecule has 0 spiro atoms. The highest BCUT2D eigenvalue weighted by Crippen LogP contribution is 2.38. The first-order valence-corrected chi connectivity index (χ1v) is 13.9. The van der Waals surface area contributed by atoms with Crippen LogP contribution in [0.1, 0.15) is 24.0 Å². The monoisotopic (exact) mass is 526 g/mol. The van der Waals surface area contributed by atoms with Gasteiger partial charge in [0.15, 0.2) is 9.84 Å². The number of aryl methyl sites for hydroxylation is 1. The van der Waals surface area contributed by atoms with Crippen LogP contribution in [0.15, 0.2) is 64.6 Å². The topological polar surface area (TPSA) is 136 Å². The summed E-state index contributed by atoms with van der Waals surface area (Å²) in [6.45, 7) is 0.382. The Bertz CT molecular complexity index is 1340. The van der Waals surface area contributed by atoms with Crippen molar-refractivity contribution < 1.29 is 27.9 Å². The van der Waals surface area contributed by atoms with Gasteiger partial charge in [-0.05, 0) is 36.5 Å². The molecule has 2 aliphatic heterocycles. The van der Waals surface area contributed by atoms with Gasteiger partial charge in [0.1, 0.15) is 11.5 Å². The van der Waals surface area contributed by atoms with Crippen LogP contribution in [0.4, 0.5) is 4.79 Å². The molecule has 3 amide bonds. The zero-order valence-corrected chi connectivity index (χ0v) is 21.6. The van der Waals surface area contributed by atoms with Crippen molar-refractivity contribution in [3.63, 3.8) is 0 Å². The number of rotatable bonds is 8. The Hall–Kier alpha value is -3.73. The van der Waals surface area contributed by atoms with Crippen LogP contribution in [-0.4, -0.2) is 79.5 Å². The second-order valence-electron chi connectivity index (χ2n) is 9.55. The molecule has 37 heavy (non-hydrogen) atoms. The standard InChI is InChI=1S/C26H30N4O6S/c1-29-24(32)26(16-18-8-4-3-5-9-18)17-30(15-14-22(26)28-29)23(31)20(27-25(33)34)13-12-19-10-6-7-11-21(19)37(2,35)36/h3-11,20,27H,12-17H2,1-2H3,(H,33,34)/t20?,26-/m1/s1. The van der Waals surface area contributed by atoms with E-state index >= 15 is 0 Å². The number of hydrogen-bond donors (Lipinski definition) is 2. The van der Waals surface area contributed by atoms with Crippen molar-refractivity contribution in [2.75, 3.05) is 26.4 Å². The lowest BCUT2D eigenvalue weighted by Gasteiger charge is -2.40. The Balaban J connectivity index is 1.58. The minimum absolute atomic E-state index is 0.0641. The number of hydrogen-bond acceptors (Lipinski definition) is 6. The Morgan fingerprint density at radius 1 is 1.14 bits per heavy atom. The van der Waals surface area contributed by atoms with Gasteiger partial charge in [-0.2, -0.15) is 5.10 Å². The van der Waals surface area contributed by atoms with Gasteiger partial charge in [-0.15, -0.1) is 0 Å². The maximum atomic E-state index is 13.6. The Labute approximate surface area is 215 Å². The largest absolute Gasteiger partial charge is 0.465 e. The number of benzene rings is 2. The van der Waals surface area contributed by atoms with Gasteiger partial charge in [0.2, 0.25) is 5.91 Å². The molecule has 2 atom stereocenters. The van der Waals surface area contributed by atoms with Crippen LogP contribution in [0.5, 0.6) is 0 Å². The lowest BCUT2D eigenvalue weighted by Crippen LogP contribution is -2.58. The van der Waals surface area contributed by atoms with Crippen molar-refractivity contribution in [1.82, 2.24) is 15.2 Å². The van der Waals surface area contributed by atoms with Crippen LogP contribution in [0, 0.1) is 5.41 Å². The van der Waals surface area contributed by atoms with E-state index in [1.807, 2.05) is 30.3 Å². The molecule has 1 saturated heterocycles. The van der Waals surface area contributed by atoms with Crippen LogP contribution in [-0.2, 0) is 32.3 Å². The number of piperidine rings is 1. The maximum Gasteiger partial charge on any atom is 0.405 e. The number of sulfone groups is 1. The summed E-state index contributed by atoms with van der Waals surface area (Å²) in [5.74, 6) is -0.651. The van der Waals surface area contributed by atoms with Crippen LogP contribution < -0.4 is 5.32 Å². The number of carboxylic acid groups (broad SMARTS) is 1. The van der Waals surface area contributed by atoms with Crippen LogP contribution in [0.2, 0.25) is 0 Å². The van der Waals surface area contributed by atoms with Crippen LogP contribution in [0.3, 0.4) is 0 Å². The molecule has 2 N–H and O–H groups in total. The van der Waals surface area contributed by atoms with Gasteiger partial charge in [-0.1, -0.05) is 48.5 Å². The number of amides is 3. The molecular weight excluding hydrogens is 496 g/mol. The molecule has 4 rings (SSSR count). The molecule has 196 valence electrons. The molecule has 0 radical (unpaired) electrons. The van der Waals surface area contributed by atoms with Crippen molar-refractivity contribution in [2.45, 2.75) is 36.6 Å². The fraction of sp³-hybridized carbons (Fsp3) is 0.385. The quantitative estimate of drug-likeness (QED) is 0.540. The molecule has 2 aromatic carbocycles. The molecular formula is C26H30N4O6S. The van der Waals surface area contributed by atoms with Crippen LogP contribution in [0.25, 0.3) is 0 Å². The number of likely N-dealkylation sites (tertiary alicyclic amines) is 1. The lowest BCUT2D eigenvalue weighted by molar-refractivity contribution is -0.140. The predicted octanol–water partition coefficient (Wildman–Crippen LogP) is 1.95. The number of carbonyl (C=O) groups is 3. The molecule has 2 aromatic rings. The molecule has 1 fully saturated rings. The third kappa shape index (κ3) is 5.51. The van der Waals surface area contributed by atoms with Crippen molar-refractivity contribution in [3.05, 3.63) is 65.7 Å². The van der Waals surface area contributed by atoms with Crippen molar-refractivity contribution in [1.29, 1.82) is 0 Å². The average Bonchev–Trinajstić information content (AvgIpc) is 3.10.